The van der Waals surface area contributed by atoms with Crippen molar-refractivity contribution in [3.8, 4) is 11.5 Å². The van der Waals surface area contributed by atoms with E-state index in [-0.39, 0.29) is 23.8 Å². The van der Waals surface area contributed by atoms with Crippen molar-refractivity contribution in [3.63, 3.8) is 0 Å². The lowest BCUT2D eigenvalue weighted by Gasteiger charge is -2.37. The van der Waals surface area contributed by atoms with E-state index in [0.717, 1.165) is 16.7 Å². The minimum absolute atomic E-state index is 0.0133. The van der Waals surface area contributed by atoms with Crippen molar-refractivity contribution in [2.75, 3.05) is 14.2 Å². The van der Waals surface area contributed by atoms with Crippen LogP contribution in [-0.2, 0) is 22.6 Å². The lowest BCUT2D eigenvalue weighted by Crippen LogP contribution is -2.53. The van der Waals surface area contributed by atoms with Crippen LogP contribution >= 0.6 is 0 Å². The number of hydrogen-bond donors (Lipinski definition) is 1. The SMILES string of the molecule is COc1ccc(C(C)NC(=O)C2Cc3ccccc3CN2C(=O)CC(C)C)c(OC)c1. The van der Waals surface area contributed by atoms with Gasteiger partial charge in [0.25, 0.3) is 0 Å². The number of rotatable bonds is 7. The van der Waals surface area contributed by atoms with Gasteiger partial charge in [0.1, 0.15) is 17.5 Å². The van der Waals surface area contributed by atoms with Gasteiger partial charge in [0.15, 0.2) is 0 Å². The first-order chi connectivity index (χ1) is 14.8. The molecule has 0 radical (unpaired) electrons. The molecule has 2 unspecified atom stereocenters. The number of nitrogens with zero attached hydrogens (tertiary/aromatic N) is 1. The number of ether oxygens (including phenoxy) is 2. The topological polar surface area (TPSA) is 67.9 Å². The Morgan fingerprint density at radius 2 is 1.77 bits per heavy atom. The number of benzene rings is 2. The second-order valence-electron chi connectivity index (χ2n) is 8.45. The molecule has 1 heterocycles. The fraction of sp³-hybridized carbons (Fsp3) is 0.440. The Balaban J connectivity index is 1.83. The Hall–Kier alpha value is -3.02. The van der Waals surface area contributed by atoms with E-state index in [1.54, 1.807) is 25.2 Å². The lowest BCUT2D eigenvalue weighted by atomic mass is 9.92. The molecule has 2 aromatic carbocycles. The van der Waals surface area contributed by atoms with Gasteiger partial charge in [-0.05, 0) is 36.1 Å². The first-order valence-electron chi connectivity index (χ1n) is 10.7. The summed E-state index contributed by atoms with van der Waals surface area (Å²) in [4.78, 5) is 28.0. The highest BCUT2D eigenvalue weighted by atomic mass is 16.5. The van der Waals surface area contributed by atoms with Gasteiger partial charge in [-0.3, -0.25) is 9.59 Å². The standard InChI is InChI=1S/C25H32N2O4/c1-16(2)12-24(28)27-15-19-9-7-6-8-18(19)13-22(27)25(29)26-17(3)21-11-10-20(30-4)14-23(21)31-5/h6-11,14,16-17,22H,12-13,15H2,1-5H3,(H,26,29). The third-order valence-corrected chi connectivity index (χ3v) is 5.72. The molecule has 0 saturated carbocycles. The van der Waals surface area contributed by atoms with E-state index in [4.69, 9.17) is 9.47 Å². The minimum Gasteiger partial charge on any atom is -0.497 e. The molecule has 1 aliphatic rings. The molecule has 0 aromatic heterocycles. The van der Waals surface area contributed by atoms with Gasteiger partial charge in [0.05, 0.1) is 20.3 Å². The molecule has 1 aliphatic heterocycles. The summed E-state index contributed by atoms with van der Waals surface area (Å²) in [5.74, 6) is 1.43. The van der Waals surface area contributed by atoms with Crippen molar-refractivity contribution < 1.29 is 19.1 Å². The van der Waals surface area contributed by atoms with Gasteiger partial charge in [-0.25, -0.2) is 0 Å². The summed E-state index contributed by atoms with van der Waals surface area (Å²) in [5, 5.41) is 3.09. The maximum atomic E-state index is 13.3. The summed E-state index contributed by atoms with van der Waals surface area (Å²) in [6.45, 7) is 6.41. The predicted octanol–water partition coefficient (Wildman–Crippen LogP) is 3.88. The first kappa shape index (κ1) is 22.7. The molecule has 0 fully saturated rings. The van der Waals surface area contributed by atoms with Gasteiger partial charge in [-0.1, -0.05) is 38.1 Å². The number of carbonyl (C=O) groups excluding carboxylic acids is 2. The van der Waals surface area contributed by atoms with Gasteiger partial charge < -0.3 is 19.7 Å². The second-order valence-corrected chi connectivity index (χ2v) is 8.45. The Morgan fingerprint density at radius 1 is 1.06 bits per heavy atom. The molecule has 0 bridgehead atoms. The fourth-order valence-electron chi connectivity index (χ4n) is 4.05. The molecule has 6 heteroatoms. The molecule has 0 saturated heterocycles. The van der Waals surface area contributed by atoms with Crippen LogP contribution in [0.5, 0.6) is 11.5 Å². The van der Waals surface area contributed by atoms with E-state index in [0.29, 0.717) is 30.9 Å². The Morgan fingerprint density at radius 3 is 2.42 bits per heavy atom. The van der Waals surface area contributed by atoms with Crippen LogP contribution in [-0.4, -0.2) is 37.0 Å². The zero-order chi connectivity index (χ0) is 22.5. The maximum Gasteiger partial charge on any atom is 0.243 e. The molecule has 1 N–H and O–H groups in total. The summed E-state index contributed by atoms with van der Waals surface area (Å²) in [7, 11) is 3.19. The van der Waals surface area contributed by atoms with Gasteiger partial charge in [0, 0.05) is 31.0 Å². The Labute approximate surface area is 184 Å². The van der Waals surface area contributed by atoms with Crippen molar-refractivity contribution in [2.24, 2.45) is 5.92 Å². The van der Waals surface area contributed by atoms with E-state index >= 15 is 0 Å². The molecule has 166 valence electrons. The summed E-state index contributed by atoms with van der Waals surface area (Å²) >= 11 is 0. The molecule has 0 spiro atoms. The average molecular weight is 425 g/mol. The highest BCUT2D eigenvalue weighted by Gasteiger charge is 2.35. The second kappa shape index (κ2) is 9.86. The smallest absolute Gasteiger partial charge is 0.243 e. The highest BCUT2D eigenvalue weighted by molar-refractivity contribution is 5.89. The molecular weight excluding hydrogens is 392 g/mol. The highest BCUT2D eigenvalue weighted by Crippen LogP contribution is 2.30. The number of nitrogens with one attached hydrogen (secondary N) is 1. The summed E-state index contributed by atoms with van der Waals surface area (Å²) in [6, 6.07) is 12.7. The van der Waals surface area contributed by atoms with E-state index < -0.39 is 6.04 Å². The fourth-order valence-corrected chi connectivity index (χ4v) is 4.05. The van der Waals surface area contributed by atoms with Crippen molar-refractivity contribution >= 4 is 11.8 Å². The van der Waals surface area contributed by atoms with Crippen LogP contribution in [0.15, 0.2) is 42.5 Å². The van der Waals surface area contributed by atoms with Crippen LogP contribution in [0.2, 0.25) is 0 Å². The molecule has 6 nitrogen and oxygen atoms in total. The van der Waals surface area contributed by atoms with Gasteiger partial charge in [0.2, 0.25) is 11.8 Å². The third-order valence-electron chi connectivity index (χ3n) is 5.72. The predicted molar refractivity (Wildman–Crippen MR) is 120 cm³/mol. The van der Waals surface area contributed by atoms with Gasteiger partial charge >= 0.3 is 0 Å². The normalized spacial score (nSPS) is 16.5. The average Bonchev–Trinajstić information content (AvgIpc) is 2.77. The monoisotopic (exact) mass is 424 g/mol. The molecule has 2 atom stereocenters. The number of fused-ring (bicyclic) bond motifs is 1. The van der Waals surface area contributed by atoms with Crippen molar-refractivity contribution in [1.29, 1.82) is 0 Å². The quantitative estimate of drug-likeness (QED) is 0.732. The molecule has 2 amide bonds. The van der Waals surface area contributed by atoms with Crippen molar-refractivity contribution in [3.05, 3.63) is 59.2 Å². The van der Waals surface area contributed by atoms with Crippen LogP contribution in [0.3, 0.4) is 0 Å². The zero-order valence-electron chi connectivity index (χ0n) is 19.0. The van der Waals surface area contributed by atoms with Crippen molar-refractivity contribution in [2.45, 2.75) is 52.2 Å². The van der Waals surface area contributed by atoms with Crippen LogP contribution in [0, 0.1) is 5.92 Å². The minimum atomic E-state index is -0.534. The van der Waals surface area contributed by atoms with Crippen LogP contribution in [0.4, 0.5) is 0 Å². The lowest BCUT2D eigenvalue weighted by molar-refractivity contribution is -0.142. The van der Waals surface area contributed by atoms with Crippen LogP contribution < -0.4 is 14.8 Å². The number of methoxy groups -OCH3 is 2. The molecular formula is C25H32N2O4. The van der Waals surface area contributed by atoms with Crippen LogP contribution in [0.25, 0.3) is 0 Å². The zero-order valence-corrected chi connectivity index (χ0v) is 19.0. The van der Waals surface area contributed by atoms with E-state index in [1.165, 1.54) is 0 Å². The Bertz CT molecular complexity index is 941. The van der Waals surface area contributed by atoms with Crippen LogP contribution in [0.1, 0.15) is 49.9 Å². The number of hydrogen-bond acceptors (Lipinski definition) is 4. The summed E-state index contributed by atoms with van der Waals surface area (Å²) in [6.07, 6.45) is 0.937. The summed E-state index contributed by atoms with van der Waals surface area (Å²) in [5.41, 5.74) is 3.08. The number of amides is 2. The third kappa shape index (κ3) is 5.19. The maximum absolute atomic E-state index is 13.3. The first-order valence-corrected chi connectivity index (χ1v) is 10.7. The van der Waals surface area contributed by atoms with Crippen molar-refractivity contribution in [1.82, 2.24) is 10.2 Å². The largest absolute Gasteiger partial charge is 0.497 e. The Kier molecular flexibility index (Phi) is 7.21. The molecule has 2 aromatic rings. The number of carbonyl (C=O) groups is 2. The van der Waals surface area contributed by atoms with E-state index in [9.17, 15) is 9.59 Å². The summed E-state index contributed by atoms with van der Waals surface area (Å²) < 4.78 is 10.8. The van der Waals surface area contributed by atoms with Gasteiger partial charge in [-0.15, -0.1) is 0 Å². The molecule has 3 rings (SSSR count). The van der Waals surface area contributed by atoms with E-state index in [1.807, 2.05) is 57.2 Å². The molecule has 0 aliphatic carbocycles. The van der Waals surface area contributed by atoms with E-state index in [2.05, 4.69) is 5.32 Å². The molecule has 31 heavy (non-hydrogen) atoms. The van der Waals surface area contributed by atoms with Gasteiger partial charge in [-0.2, -0.15) is 0 Å².